The minimum absolute atomic E-state index is 0.0135. The van der Waals surface area contributed by atoms with Gasteiger partial charge in [0.2, 0.25) is 0 Å². The molecule has 4 heteroatoms. The van der Waals surface area contributed by atoms with E-state index in [-0.39, 0.29) is 5.41 Å². The van der Waals surface area contributed by atoms with Crippen molar-refractivity contribution in [2.45, 2.75) is 40.5 Å². The lowest BCUT2D eigenvalue weighted by Gasteiger charge is -2.28. The summed E-state index contributed by atoms with van der Waals surface area (Å²) in [6.45, 7) is 13.4. The molecule has 3 nitrogen and oxygen atoms in total. The van der Waals surface area contributed by atoms with Crippen molar-refractivity contribution < 1.29 is 0 Å². The van der Waals surface area contributed by atoms with Crippen molar-refractivity contribution >= 4 is 17.2 Å². The number of likely N-dealkylation sites (N-methyl/N-ethyl adjacent to an activating group) is 1. The van der Waals surface area contributed by atoms with Gasteiger partial charge in [-0.1, -0.05) is 39.9 Å². The Balaban J connectivity index is 4.14. The summed E-state index contributed by atoms with van der Waals surface area (Å²) < 4.78 is 0. The fourth-order valence-corrected chi connectivity index (χ4v) is 2.12. The van der Waals surface area contributed by atoms with Gasteiger partial charge in [-0.05, 0) is 39.4 Å². The van der Waals surface area contributed by atoms with Gasteiger partial charge >= 0.3 is 0 Å². The summed E-state index contributed by atoms with van der Waals surface area (Å²) in [5.74, 6) is 0.714. The first-order valence-electron chi connectivity index (χ1n) is 7.32. The van der Waals surface area contributed by atoms with Gasteiger partial charge in [0.15, 0.2) is 0 Å². The lowest BCUT2D eigenvalue weighted by molar-refractivity contribution is 0.210. The average Bonchev–Trinajstić information content (AvgIpc) is 2.24. The van der Waals surface area contributed by atoms with Crippen LogP contribution in [0.4, 0.5) is 0 Å². The fraction of sp³-hybridized carbons (Fsp3) is 0.933. The third kappa shape index (κ3) is 9.36. The van der Waals surface area contributed by atoms with Gasteiger partial charge in [0.05, 0.1) is 4.99 Å². The van der Waals surface area contributed by atoms with E-state index in [1.807, 2.05) is 0 Å². The van der Waals surface area contributed by atoms with Gasteiger partial charge in [0.1, 0.15) is 0 Å². The molecular weight excluding hydrogens is 254 g/mol. The average molecular weight is 288 g/mol. The quantitative estimate of drug-likeness (QED) is 0.626. The van der Waals surface area contributed by atoms with E-state index in [1.54, 1.807) is 0 Å². The first kappa shape index (κ1) is 18.8. The van der Waals surface area contributed by atoms with E-state index in [2.05, 4.69) is 51.6 Å². The normalized spacial score (nSPS) is 12.7. The van der Waals surface area contributed by atoms with Crippen molar-refractivity contribution in [2.75, 3.05) is 40.3 Å². The molecule has 0 atom stereocenters. The highest BCUT2D eigenvalue weighted by atomic mass is 32.1. The highest BCUT2D eigenvalue weighted by Crippen LogP contribution is 2.22. The van der Waals surface area contributed by atoms with Crippen LogP contribution in [0.15, 0.2) is 0 Å². The Bertz CT molecular complexity index is 262. The summed E-state index contributed by atoms with van der Waals surface area (Å²) in [5, 5.41) is 0. The van der Waals surface area contributed by atoms with E-state index in [4.69, 9.17) is 18.0 Å². The zero-order valence-corrected chi connectivity index (χ0v) is 14.5. The predicted molar refractivity (Wildman–Crippen MR) is 89.6 cm³/mol. The van der Waals surface area contributed by atoms with Crippen molar-refractivity contribution in [3.05, 3.63) is 0 Å². The number of hydrogen-bond donors (Lipinski definition) is 1. The number of nitrogens with zero attached hydrogens (tertiary/aromatic N) is 2. The van der Waals surface area contributed by atoms with Crippen LogP contribution in [-0.2, 0) is 0 Å². The lowest BCUT2D eigenvalue weighted by Crippen LogP contribution is -2.36. The maximum absolute atomic E-state index is 5.78. The SMILES string of the molecule is CC(C)CN(CCCC(C)(C)C(N)=S)CCN(C)C. The van der Waals surface area contributed by atoms with Crippen LogP contribution in [0.3, 0.4) is 0 Å². The topological polar surface area (TPSA) is 32.5 Å². The highest BCUT2D eigenvalue weighted by Gasteiger charge is 2.21. The lowest BCUT2D eigenvalue weighted by atomic mass is 9.88. The summed E-state index contributed by atoms with van der Waals surface area (Å²) in [4.78, 5) is 5.43. The number of hydrogen-bond acceptors (Lipinski definition) is 3. The second kappa shape index (κ2) is 8.88. The third-order valence-electron chi connectivity index (χ3n) is 3.43. The summed E-state index contributed by atoms with van der Waals surface area (Å²) in [6, 6.07) is 0. The van der Waals surface area contributed by atoms with Gasteiger partial charge in [-0.15, -0.1) is 0 Å². The van der Waals surface area contributed by atoms with Crippen LogP contribution < -0.4 is 5.73 Å². The molecule has 0 saturated carbocycles. The van der Waals surface area contributed by atoms with Crippen LogP contribution in [0.25, 0.3) is 0 Å². The van der Waals surface area contributed by atoms with E-state index in [0.29, 0.717) is 10.9 Å². The maximum Gasteiger partial charge on any atom is 0.0784 e. The van der Waals surface area contributed by atoms with Crippen molar-refractivity contribution in [3.63, 3.8) is 0 Å². The van der Waals surface area contributed by atoms with Gasteiger partial charge < -0.3 is 15.5 Å². The van der Waals surface area contributed by atoms with Crippen LogP contribution in [0, 0.1) is 11.3 Å². The van der Waals surface area contributed by atoms with E-state index in [0.717, 1.165) is 32.5 Å². The summed E-state index contributed by atoms with van der Waals surface area (Å²) in [6.07, 6.45) is 2.23. The van der Waals surface area contributed by atoms with E-state index < -0.39 is 0 Å². The zero-order chi connectivity index (χ0) is 15.1. The molecule has 0 amide bonds. The Kier molecular flexibility index (Phi) is 8.79. The van der Waals surface area contributed by atoms with Crippen molar-refractivity contribution in [2.24, 2.45) is 17.1 Å². The summed E-state index contributed by atoms with van der Waals surface area (Å²) in [7, 11) is 4.26. The van der Waals surface area contributed by atoms with Crippen LogP contribution in [0.5, 0.6) is 0 Å². The minimum Gasteiger partial charge on any atom is -0.393 e. The molecule has 0 fully saturated rings. The largest absolute Gasteiger partial charge is 0.393 e. The Morgan fingerprint density at radius 2 is 1.74 bits per heavy atom. The Morgan fingerprint density at radius 1 is 1.16 bits per heavy atom. The molecule has 0 unspecified atom stereocenters. The molecule has 0 aliphatic heterocycles. The molecule has 0 bridgehead atoms. The molecule has 0 aromatic carbocycles. The summed E-state index contributed by atoms with van der Waals surface area (Å²) in [5.41, 5.74) is 5.76. The Hall–Kier alpha value is -0.190. The van der Waals surface area contributed by atoms with Gasteiger partial charge in [-0.2, -0.15) is 0 Å². The second-order valence-electron chi connectivity index (χ2n) is 6.85. The Morgan fingerprint density at radius 3 is 2.16 bits per heavy atom. The standard InChI is InChI=1S/C15H33N3S/c1-13(2)12-18(11-10-17(5)6)9-7-8-15(3,4)14(16)19/h13H,7-12H2,1-6H3,(H2,16,19). The van der Waals surface area contributed by atoms with E-state index in [9.17, 15) is 0 Å². The van der Waals surface area contributed by atoms with Crippen LogP contribution in [-0.4, -0.2) is 55.1 Å². The monoisotopic (exact) mass is 287 g/mol. The van der Waals surface area contributed by atoms with Gasteiger partial charge in [0.25, 0.3) is 0 Å². The molecule has 19 heavy (non-hydrogen) atoms. The van der Waals surface area contributed by atoms with Crippen LogP contribution in [0.1, 0.15) is 40.5 Å². The van der Waals surface area contributed by atoms with E-state index in [1.165, 1.54) is 6.54 Å². The molecule has 0 aromatic rings. The van der Waals surface area contributed by atoms with E-state index >= 15 is 0 Å². The summed E-state index contributed by atoms with van der Waals surface area (Å²) >= 11 is 5.12. The minimum atomic E-state index is -0.0135. The van der Waals surface area contributed by atoms with Gasteiger partial charge in [-0.25, -0.2) is 0 Å². The predicted octanol–water partition coefficient (Wildman–Crippen LogP) is 2.60. The maximum atomic E-state index is 5.78. The molecule has 0 heterocycles. The molecule has 0 aromatic heterocycles. The van der Waals surface area contributed by atoms with Gasteiger partial charge in [-0.3, -0.25) is 0 Å². The highest BCUT2D eigenvalue weighted by molar-refractivity contribution is 7.80. The molecule has 0 aliphatic carbocycles. The zero-order valence-electron chi connectivity index (χ0n) is 13.7. The molecular formula is C15H33N3S. The van der Waals surface area contributed by atoms with Crippen LogP contribution >= 0.6 is 12.2 Å². The molecule has 0 rings (SSSR count). The third-order valence-corrected chi connectivity index (χ3v) is 3.98. The molecule has 0 saturated heterocycles. The number of nitrogens with two attached hydrogens (primary N) is 1. The molecule has 114 valence electrons. The first-order chi connectivity index (χ1) is 8.65. The molecule has 0 aliphatic rings. The smallest absolute Gasteiger partial charge is 0.0784 e. The molecule has 0 radical (unpaired) electrons. The van der Waals surface area contributed by atoms with Crippen molar-refractivity contribution in [1.82, 2.24) is 9.80 Å². The van der Waals surface area contributed by atoms with Crippen LogP contribution in [0.2, 0.25) is 0 Å². The molecule has 0 spiro atoms. The number of thiocarbonyl (C=S) groups is 1. The first-order valence-corrected chi connectivity index (χ1v) is 7.73. The fourth-order valence-electron chi connectivity index (χ4n) is 2.02. The second-order valence-corrected chi connectivity index (χ2v) is 7.29. The van der Waals surface area contributed by atoms with Crippen molar-refractivity contribution in [3.8, 4) is 0 Å². The van der Waals surface area contributed by atoms with Gasteiger partial charge in [0, 0.05) is 25.0 Å². The molecule has 2 N–H and O–H groups in total. The number of rotatable bonds is 10. The Labute approximate surface area is 125 Å². The van der Waals surface area contributed by atoms with Crippen molar-refractivity contribution in [1.29, 1.82) is 0 Å².